The highest BCUT2D eigenvalue weighted by atomic mass is 35.5. The minimum Gasteiger partial charge on any atom is -0.292 e. The second-order valence-electron chi connectivity index (χ2n) is 10.1. The summed E-state index contributed by atoms with van der Waals surface area (Å²) in [6.07, 6.45) is 2.98. The molecule has 0 amide bonds. The average molecular weight is 518 g/mol. The van der Waals surface area contributed by atoms with Crippen LogP contribution < -0.4 is 0 Å². The highest BCUT2D eigenvalue weighted by molar-refractivity contribution is 6.30. The molecule has 2 heterocycles. The molecule has 1 aromatic heterocycles. The van der Waals surface area contributed by atoms with Gasteiger partial charge in [0, 0.05) is 24.0 Å². The van der Waals surface area contributed by atoms with Crippen LogP contribution >= 0.6 is 11.6 Å². The van der Waals surface area contributed by atoms with Gasteiger partial charge in [-0.2, -0.15) is 5.26 Å². The van der Waals surface area contributed by atoms with Gasteiger partial charge in [0.05, 0.1) is 23.4 Å². The van der Waals surface area contributed by atoms with Crippen molar-refractivity contribution in [3.05, 3.63) is 112 Å². The van der Waals surface area contributed by atoms with Crippen molar-refractivity contribution in [3.63, 3.8) is 0 Å². The van der Waals surface area contributed by atoms with E-state index in [-0.39, 0.29) is 12.0 Å². The first kappa shape index (κ1) is 25.1. The van der Waals surface area contributed by atoms with Crippen molar-refractivity contribution in [2.45, 2.75) is 31.5 Å². The maximum Gasteiger partial charge on any atom is 0.125 e. The zero-order valence-corrected chi connectivity index (χ0v) is 21.3. The van der Waals surface area contributed by atoms with Crippen LogP contribution in [0.4, 0.5) is 8.78 Å². The summed E-state index contributed by atoms with van der Waals surface area (Å²) in [6.45, 7) is 4.33. The molecule has 188 valence electrons. The molecule has 1 aliphatic heterocycles. The summed E-state index contributed by atoms with van der Waals surface area (Å²) in [5, 5.41) is 17.7. The molecule has 1 aliphatic rings. The number of aromatic nitrogens is 3. The van der Waals surface area contributed by atoms with Gasteiger partial charge in [0.2, 0.25) is 0 Å². The van der Waals surface area contributed by atoms with E-state index in [4.69, 9.17) is 11.6 Å². The SMILES string of the molecule is CC(C)(F)[C@H](c1cc(F)cc(-n2cnnc2)c1)C1CN([C@@H](c2ccc(Cl)cc2)c2cccc(C#N)c2)C1. The van der Waals surface area contributed by atoms with Crippen molar-refractivity contribution in [1.29, 1.82) is 5.26 Å². The van der Waals surface area contributed by atoms with Crippen LogP contribution in [0.25, 0.3) is 5.69 Å². The Morgan fingerprint density at radius 2 is 1.68 bits per heavy atom. The lowest BCUT2D eigenvalue weighted by Gasteiger charge is -2.50. The third-order valence-corrected chi connectivity index (χ3v) is 7.26. The van der Waals surface area contributed by atoms with Crippen molar-refractivity contribution in [3.8, 4) is 11.8 Å². The molecular weight excluding hydrogens is 492 g/mol. The van der Waals surface area contributed by atoms with E-state index in [1.165, 1.54) is 24.8 Å². The van der Waals surface area contributed by atoms with E-state index in [1.54, 1.807) is 24.5 Å². The topological polar surface area (TPSA) is 57.7 Å². The van der Waals surface area contributed by atoms with Gasteiger partial charge in [-0.15, -0.1) is 10.2 Å². The molecule has 4 aromatic rings. The van der Waals surface area contributed by atoms with Crippen molar-refractivity contribution in [2.24, 2.45) is 5.92 Å². The van der Waals surface area contributed by atoms with Gasteiger partial charge in [-0.3, -0.25) is 9.47 Å². The molecule has 1 saturated heterocycles. The molecule has 0 bridgehead atoms. The number of hydrogen-bond donors (Lipinski definition) is 0. The van der Waals surface area contributed by atoms with Crippen LogP contribution in [-0.2, 0) is 0 Å². The molecule has 5 rings (SSSR count). The van der Waals surface area contributed by atoms with E-state index in [1.807, 2.05) is 48.5 Å². The molecule has 0 spiro atoms. The Labute approximate surface area is 219 Å². The molecule has 0 N–H and O–H groups in total. The van der Waals surface area contributed by atoms with Gasteiger partial charge in [0.1, 0.15) is 24.1 Å². The van der Waals surface area contributed by atoms with Gasteiger partial charge in [-0.1, -0.05) is 35.9 Å². The summed E-state index contributed by atoms with van der Waals surface area (Å²) in [5.74, 6) is -0.991. The normalized spacial score (nSPS) is 16.1. The molecule has 5 nitrogen and oxygen atoms in total. The average Bonchev–Trinajstić information content (AvgIpc) is 3.38. The maximum atomic E-state index is 15.7. The number of rotatable bonds is 7. The molecule has 2 atom stereocenters. The number of nitrogens with zero attached hydrogens (tertiary/aromatic N) is 5. The van der Waals surface area contributed by atoms with Gasteiger partial charge in [0.25, 0.3) is 0 Å². The smallest absolute Gasteiger partial charge is 0.125 e. The molecule has 37 heavy (non-hydrogen) atoms. The lowest BCUT2D eigenvalue weighted by molar-refractivity contribution is 0.00813. The van der Waals surface area contributed by atoms with Crippen LogP contribution in [-0.4, -0.2) is 38.4 Å². The first-order valence-electron chi connectivity index (χ1n) is 12.1. The van der Waals surface area contributed by atoms with Gasteiger partial charge < -0.3 is 0 Å². The van der Waals surface area contributed by atoms with Crippen molar-refractivity contribution in [2.75, 3.05) is 13.1 Å². The summed E-state index contributed by atoms with van der Waals surface area (Å²) in [7, 11) is 0. The number of halogens is 3. The standard InChI is InChI=1S/C29H26ClF2N5/c1-29(2,32)27(22-11-25(31)13-26(12-22)37-17-34-35-18-37)23-15-36(16-23)28(20-6-8-24(30)9-7-20)21-5-3-4-19(10-21)14-33/h3-13,17-18,23,27-28H,15-16H2,1-2H3/t27-,28+/m1/s1. The van der Waals surface area contributed by atoms with Crippen molar-refractivity contribution < 1.29 is 8.78 Å². The van der Waals surface area contributed by atoms with E-state index < -0.39 is 17.4 Å². The highest BCUT2D eigenvalue weighted by Crippen LogP contribution is 2.46. The number of likely N-dealkylation sites (tertiary alicyclic amines) is 1. The third kappa shape index (κ3) is 5.27. The van der Waals surface area contributed by atoms with Crippen LogP contribution in [0, 0.1) is 23.1 Å². The summed E-state index contributed by atoms with van der Waals surface area (Å²) in [6, 6.07) is 21.9. The quantitative estimate of drug-likeness (QED) is 0.281. The Hall–Kier alpha value is -3.60. The van der Waals surface area contributed by atoms with Gasteiger partial charge in [-0.25, -0.2) is 8.78 Å². The molecule has 0 aliphatic carbocycles. The Morgan fingerprint density at radius 1 is 0.973 bits per heavy atom. The van der Waals surface area contributed by atoms with Crippen LogP contribution in [0.5, 0.6) is 0 Å². The summed E-state index contributed by atoms with van der Waals surface area (Å²) < 4.78 is 32.0. The lowest BCUT2D eigenvalue weighted by Crippen LogP contribution is -2.53. The molecule has 3 aromatic carbocycles. The highest BCUT2D eigenvalue weighted by Gasteiger charge is 2.45. The molecule has 0 saturated carbocycles. The van der Waals surface area contributed by atoms with Crippen LogP contribution in [0.2, 0.25) is 5.02 Å². The Balaban J connectivity index is 1.47. The minimum absolute atomic E-state index is 0.0375. The second kappa shape index (κ2) is 10.0. The fraction of sp³-hybridized carbons (Fsp3) is 0.276. The zero-order valence-electron chi connectivity index (χ0n) is 20.5. The lowest BCUT2D eigenvalue weighted by atomic mass is 9.72. The largest absolute Gasteiger partial charge is 0.292 e. The molecular formula is C29H26ClF2N5. The number of benzene rings is 3. The van der Waals surface area contributed by atoms with Crippen LogP contribution in [0.15, 0.2) is 79.4 Å². The van der Waals surface area contributed by atoms with Crippen molar-refractivity contribution in [1.82, 2.24) is 19.7 Å². The minimum atomic E-state index is -1.58. The molecule has 1 fully saturated rings. The summed E-state index contributed by atoms with van der Waals surface area (Å²) in [5.41, 5.74) is 2.18. The van der Waals surface area contributed by atoms with Gasteiger partial charge >= 0.3 is 0 Å². The predicted molar refractivity (Wildman–Crippen MR) is 139 cm³/mol. The number of nitriles is 1. The first-order chi connectivity index (χ1) is 17.7. The fourth-order valence-corrected chi connectivity index (χ4v) is 5.62. The predicted octanol–water partition coefficient (Wildman–Crippen LogP) is 6.48. The van der Waals surface area contributed by atoms with E-state index in [0.717, 1.165) is 11.1 Å². The molecule has 0 unspecified atom stereocenters. The van der Waals surface area contributed by atoms with Crippen LogP contribution in [0.3, 0.4) is 0 Å². The Bertz CT molecular complexity index is 1420. The van der Waals surface area contributed by atoms with Crippen molar-refractivity contribution >= 4 is 11.6 Å². The van der Waals surface area contributed by atoms with E-state index in [2.05, 4.69) is 21.2 Å². The molecule has 8 heteroatoms. The first-order valence-corrected chi connectivity index (χ1v) is 12.4. The van der Waals surface area contributed by atoms with Gasteiger partial charge in [-0.05, 0) is 78.9 Å². The second-order valence-corrected chi connectivity index (χ2v) is 10.5. The van der Waals surface area contributed by atoms with E-state index >= 15 is 4.39 Å². The zero-order chi connectivity index (χ0) is 26.2. The number of hydrogen-bond acceptors (Lipinski definition) is 4. The van der Waals surface area contributed by atoms with E-state index in [9.17, 15) is 9.65 Å². The summed E-state index contributed by atoms with van der Waals surface area (Å²) >= 11 is 6.14. The Morgan fingerprint density at radius 3 is 2.32 bits per heavy atom. The number of alkyl halides is 1. The third-order valence-electron chi connectivity index (χ3n) is 7.01. The molecule has 0 radical (unpaired) electrons. The van der Waals surface area contributed by atoms with E-state index in [0.29, 0.717) is 34.9 Å². The monoisotopic (exact) mass is 517 g/mol. The maximum absolute atomic E-state index is 15.7. The summed E-state index contributed by atoms with van der Waals surface area (Å²) in [4.78, 5) is 2.27. The van der Waals surface area contributed by atoms with Crippen LogP contribution in [0.1, 0.15) is 48.1 Å². The Kier molecular flexibility index (Phi) is 6.80. The van der Waals surface area contributed by atoms with Gasteiger partial charge in [0.15, 0.2) is 0 Å². The fourth-order valence-electron chi connectivity index (χ4n) is 5.50.